The highest BCUT2D eigenvalue weighted by molar-refractivity contribution is 6.43. The minimum absolute atomic E-state index is 0.0191. The molecule has 0 saturated carbocycles. The molecular formula is C19H17ClF4N6O2. The van der Waals surface area contributed by atoms with E-state index in [1.807, 2.05) is 0 Å². The highest BCUT2D eigenvalue weighted by atomic mass is 35.5. The van der Waals surface area contributed by atoms with Gasteiger partial charge in [-0.3, -0.25) is 10.2 Å². The minimum atomic E-state index is -4.59. The van der Waals surface area contributed by atoms with E-state index < -0.39 is 35.2 Å². The smallest absolute Gasteiger partial charge is 0.403 e. The fourth-order valence-corrected chi connectivity index (χ4v) is 2.69. The lowest BCUT2D eigenvalue weighted by molar-refractivity contribution is -0.137. The van der Waals surface area contributed by atoms with E-state index in [9.17, 15) is 27.2 Å². The van der Waals surface area contributed by atoms with Crippen molar-refractivity contribution in [2.45, 2.75) is 12.7 Å². The van der Waals surface area contributed by atoms with Gasteiger partial charge in [0.05, 0.1) is 22.0 Å². The summed E-state index contributed by atoms with van der Waals surface area (Å²) in [6, 6.07) is 5.03. The molecule has 8 nitrogen and oxygen atoms in total. The van der Waals surface area contributed by atoms with Crippen molar-refractivity contribution in [1.29, 1.82) is 5.41 Å². The Morgan fingerprint density at radius 1 is 1.12 bits per heavy atom. The van der Waals surface area contributed by atoms with Crippen LogP contribution in [-0.2, 0) is 17.5 Å². The molecule has 2 aromatic carbocycles. The zero-order chi connectivity index (χ0) is 24.1. The predicted molar refractivity (Wildman–Crippen MR) is 112 cm³/mol. The molecule has 0 fully saturated rings. The summed E-state index contributed by atoms with van der Waals surface area (Å²) < 4.78 is 52.0. The van der Waals surface area contributed by atoms with Crippen LogP contribution in [0.4, 0.5) is 33.7 Å². The van der Waals surface area contributed by atoms with Gasteiger partial charge in [-0.15, -0.1) is 0 Å². The first-order chi connectivity index (χ1) is 14.9. The van der Waals surface area contributed by atoms with Crippen molar-refractivity contribution in [1.82, 2.24) is 5.32 Å². The summed E-state index contributed by atoms with van der Waals surface area (Å²) in [5.41, 5.74) is 8.95. The van der Waals surface area contributed by atoms with Crippen LogP contribution in [0.15, 0.2) is 48.3 Å². The molecule has 0 bridgehead atoms. The zero-order valence-electron chi connectivity index (χ0n) is 16.1. The summed E-state index contributed by atoms with van der Waals surface area (Å²) in [5, 5.41) is 14.4. The Morgan fingerprint density at radius 2 is 1.81 bits per heavy atom. The zero-order valence-corrected chi connectivity index (χ0v) is 16.9. The molecule has 0 aliphatic heterocycles. The number of nitrogens with two attached hydrogens (primary N) is 2. The number of hydrogen-bond donors (Lipinski definition) is 6. The standard InChI is InChI=1S/C19H17ClF4N6O2/c20-13-5-10(19(22,23)24)1-2-14(13)30-18(32)29-12-4-9(3-11(21)6-12)8-28-15(7-25)16(26)17(27)31/h1-7,26,28H,8,25H2,(H2,27,31)(H2,29,30,32)/b15-7+,26-16?. The molecule has 3 amide bonds. The normalized spacial score (nSPS) is 11.6. The van der Waals surface area contributed by atoms with Crippen molar-refractivity contribution in [2.24, 2.45) is 11.5 Å². The molecule has 0 aliphatic carbocycles. The van der Waals surface area contributed by atoms with Crippen LogP contribution in [0.5, 0.6) is 0 Å². The molecule has 32 heavy (non-hydrogen) atoms. The van der Waals surface area contributed by atoms with Crippen LogP contribution >= 0.6 is 11.6 Å². The van der Waals surface area contributed by atoms with Gasteiger partial charge in [0.25, 0.3) is 5.91 Å². The molecule has 0 radical (unpaired) electrons. The number of carbonyl (C=O) groups is 2. The van der Waals surface area contributed by atoms with E-state index in [0.717, 1.165) is 30.5 Å². The lowest BCUT2D eigenvalue weighted by Gasteiger charge is -2.13. The largest absolute Gasteiger partial charge is 0.416 e. The SMILES string of the molecule is N=C(C(N)=O)/C(=C\N)NCc1cc(F)cc(NC(=O)Nc2ccc(C(F)(F)F)cc2Cl)c1. The van der Waals surface area contributed by atoms with Crippen LogP contribution in [0.25, 0.3) is 0 Å². The fraction of sp³-hybridized carbons (Fsp3) is 0.105. The lowest BCUT2D eigenvalue weighted by atomic mass is 10.1. The summed E-state index contributed by atoms with van der Waals surface area (Å²) >= 11 is 5.79. The van der Waals surface area contributed by atoms with Gasteiger partial charge in [-0.05, 0) is 42.0 Å². The molecule has 2 aromatic rings. The number of hydrogen-bond acceptors (Lipinski definition) is 5. The average Bonchev–Trinajstić information content (AvgIpc) is 2.68. The predicted octanol–water partition coefficient (Wildman–Crippen LogP) is 3.54. The second-order valence-electron chi connectivity index (χ2n) is 6.29. The van der Waals surface area contributed by atoms with Gasteiger partial charge >= 0.3 is 12.2 Å². The molecule has 170 valence electrons. The monoisotopic (exact) mass is 472 g/mol. The number of urea groups is 1. The molecule has 0 heterocycles. The topological polar surface area (TPSA) is 146 Å². The van der Waals surface area contributed by atoms with Gasteiger partial charge < -0.3 is 27.4 Å². The Hall–Kier alpha value is -3.80. The summed E-state index contributed by atoms with van der Waals surface area (Å²) in [5.74, 6) is -1.73. The third-order valence-corrected chi connectivity index (χ3v) is 4.24. The van der Waals surface area contributed by atoms with E-state index in [-0.39, 0.29) is 28.6 Å². The molecule has 8 N–H and O–H groups in total. The molecule has 0 aliphatic rings. The van der Waals surface area contributed by atoms with Gasteiger partial charge in [0.1, 0.15) is 11.5 Å². The van der Waals surface area contributed by atoms with Gasteiger partial charge in [0.15, 0.2) is 0 Å². The first-order valence-corrected chi connectivity index (χ1v) is 9.07. The number of anilines is 2. The van der Waals surface area contributed by atoms with E-state index in [0.29, 0.717) is 11.6 Å². The molecule has 0 atom stereocenters. The van der Waals surface area contributed by atoms with Crippen LogP contribution in [0, 0.1) is 11.2 Å². The Kier molecular flexibility index (Phi) is 7.65. The second kappa shape index (κ2) is 10.0. The number of carbonyl (C=O) groups excluding carboxylic acids is 2. The number of nitrogens with one attached hydrogen (secondary N) is 4. The molecule has 0 saturated heterocycles. The maximum absolute atomic E-state index is 13.9. The first kappa shape index (κ1) is 24.5. The van der Waals surface area contributed by atoms with Gasteiger partial charge in [-0.2, -0.15) is 13.2 Å². The summed E-state index contributed by atoms with van der Waals surface area (Å²) in [4.78, 5) is 23.2. The lowest BCUT2D eigenvalue weighted by Crippen LogP contribution is -2.31. The van der Waals surface area contributed by atoms with E-state index in [1.54, 1.807) is 0 Å². The number of rotatable bonds is 7. The van der Waals surface area contributed by atoms with Crippen molar-refractivity contribution < 1.29 is 27.2 Å². The Labute approximate surface area is 184 Å². The van der Waals surface area contributed by atoms with E-state index >= 15 is 0 Å². The molecule has 0 spiro atoms. The Balaban J connectivity index is 2.08. The van der Waals surface area contributed by atoms with Crippen LogP contribution in [0.2, 0.25) is 5.02 Å². The fourth-order valence-electron chi connectivity index (χ4n) is 2.46. The highest BCUT2D eigenvalue weighted by Crippen LogP contribution is 2.33. The molecule has 0 unspecified atom stereocenters. The van der Waals surface area contributed by atoms with Crippen LogP contribution in [-0.4, -0.2) is 17.6 Å². The maximum Gasteiger partial charge on any atom is 0.416 e. The van der Waals surface area contributed by atoms with Gasteiger partial charge in [0, 0.05) is 18.4 Å². The molecule has 0 aromatic heterocycles. The van der Waals surface area contributed by atoms with Gasteiger partial charge in [-0.1, -0.05) is 11.6 Å². The highest BCUT2D eigenvalue weighted by Gasteiger charge is 2.31. The molecule has 2 rings (SSSR count). The summed E-state index contributed by atoms with van der Waals surface area (Å²) in [6.07, 6.45) is -3.64. The van der Waals surface area contributed by atoms with E-state index in [2.05, 4.69) is 16.0 Å². The van der Waals surface area contributed by atoms with Crippen molar-refractivity contribution in [3.63, 3.8) is 0 Å². The minimum Gasteiger partial charge on any atom is -0.403 e. The number of halogens is 5. The summed E-state index contributed by atoms with van der Waals surface area (Å²) in [6.45, 7) is -0.0719. The van der Waals surface area contributed by atoms with Crippen molar-refractivity contribution in [3.8, 4) is 0 Å². The number of primary amides is 1. The quantitative estimate of drug-likeness (QED) is 0.270. The molecular weight excluding hydrogens is 456 g/mol. The first-order valence-electron chi connectivity index (χ1n) is 8.69. The van der Waals surface area contributed by atoms with Crippen molar-refractivity contribution >= 4 is 40.6 Å². The second-order valence-corrected chi connectivity index (χ2v) is 6.70. The Bertz CT molecular complexity index is 1090. The van der Waals surface area contributed by atoms with E-state index in [4.69, 9.17) is 28.5 Å². The third-order valence-electron chi connectivity index (χ3n) is 3.93. The average molecular weight is 473 g/mol. The van der Waals surface area contributed by atoms with Crippen molar-refractivity contribution in [3.05, 3.63) is 70.3 Å². The maximum atomic E-state index is 13.9. The number of alkyl halides is 3. The van der Waals surface area contributed by atoms with Gasteiger partial charge in [0.2, 0.25) is 0 Å². The van der Waals surface area contributed by atoms with Crippen LogP contribution < -0.4 is 27.4 Å². The van der Waals surface area contributed by atoms with Crippen LogP contribution in [0.1, 0.15) is 11.1 Å². The number of benzene rings is 2. The third kappa shape index (κ3) is 6.60. The van der Waals surface area contributed by atoms with Gasteiger partial charge in [-0.25, -0.2) is 9.18 Å². The summed E-state index contributed by atoms with van der Waals surface area (Å²) in [7, 11) is 0. The van der Waals surface area contributed by atoms with Crippen LogP contribution in [0.3, 0.4) is 0 Å². The number of amides is 3. The van der Waals surface area contributed by atoms with Crippen molar-refractivity contribution in [2.75, 3.05) is 10.6 Å². The Morgan fingerprint density at radius 3 is 2.38 bits per heavy atom. The molecule has 13 heteroatoms. The van der Waals surface area contributed by atoms with E-state index in [1.165, 1.54) is 6.07 Å².